The van der Waals surface area contributed by atoms with Crippen LogP contribution in [0.4, 0.5) is 5.88 Å². The number of carbonyl (C=O) groups is 1. The maximum atomic E-state index is 13.0. The quantitative estimate of drug-likeness (QED) is 0.396. The first-order chi connectivity index (χ1) is 17.1. The molecule has 4 heterocycles. The van der Waals surface area contributed by atoms with Gasteiger partial charge in [-0.25, -0.2) is 0 Å². The van der Waals surface area contributed by atoms with Crippen LogP contribution in [0.1, 0.15) is 44.2 Å². The molecule has 1 aliphatic heterocycles. The van der Waals surface area contributed by atoms with Crippen LogP contribution < -0.4 is 15.0 Å². The summed E-state index contributed by atoms with van der Waals surface area (Å²) in [5.74, 6) is 2.37. The Balaban J connectivity index is 1.22. The van der Waals surface area contributed by atoms with Gasteiger partial charge >= 0.3 is 0 Å². The number of nitrogens with one attached hydrogen (secondary N) is 1. The van der Waals surface area contributed by atoms with Crippen LogP contribution in [0.15, 0.2) is 55.9 Å². The molecule has 4 aromatic rings. The molecular formula is C26H26N4O5. The van der Waals surface area contributed by atoms with Gasteiger partial charge < -0.3 is 28.2 Å². The number of rotatable bonds is 7. The van der Waals surface area contributed by atoms with Crippen LogP contribution in [0.3, 0.4) is 0 Å². The number of oxazole rings is 1. The van der Waals surface area contributed by atoms with Gasteiger partial charge in [-0.3, -0.25) is 4.79 Å². The number of piperidine rings is 1. The molecule has 180 valence electrons. The van der Waals surface area contributed by atoms with Crippen LogP contribution in [-0.4, -0.2) is 30.6 Å². The molecule has 1 saturated heterocycles. The van der Waals surface area contributed by atoms with Crippen LogP contribution in [-0.2, 0) is 4.79 Å². The summed E-state index contributed by atoms with van der Waals surface area (Å²) in [6, 6.07) is 13.0. The molecule has 9 nitrogen and oxygen atoms in total. The number of anilines is 1. The van der Waals surface area contributed by atoms with Crippen LogP contribution in [0.25, 0.3) is 22.6 Å². The van der Waals surface area contributed by atoms with Gasteiger partial charge in [0.05, 0.1) is 18.9 Å². The first kappa shape index (κ1) is 22.6. The summed E-state index contributed by atoms with van der Waals surface area (Å²) in [6.45, 7) is 5.55. The fourth-order valence-corrected chi connectivity index (χ4v) is 4.39. The topological polar surface area (TPSA) is 118 Å². The summed E-state index contributed by atoms with van der Waals surface area (Å²) in [6.07, 6.45) is 2.79. The Morgan fingerprint density at radius 2 is 2.11 bits per heavy atom. The van der Waals surface area contributed by atoms with E-state index in [1.54, 1.807) is 12.1 Å². The maximum Gasteiger partial charge on any atom is 0.266 e. The molecule has 1 atom stereocenters. The number of para-hydroxylation sites is 1. The molecule has 1 amide bonds. The van der Waals surface area contributed by atoms with E-state index in [4.69, 9.17) is 18.0 Å². The lowest BCUT2D eigenvalue weighted by molar-refractivity contribution is -0.126. The Kier molecular flexibility index (Phi) is 6.19. The third kappa shape index (κ3) is 4.47. The molecule has 35 heavy (non-hydrogen) atoms. The fraction of sp³-hybridized carbons (Fsp3) is 0.346. The second kappa shape index (κ2) is 9.58. The minimum absolute atomic E-state index is 0.0167. The van der Waals surface area contributed by atoms with Crippen LogP contribution >= 0.6 is 0 Å². The predicted molar refractivity (Wildman–Crippen MR) is 128 cm³/mol. The molecule has 1 fully saturated rings. The average molecular weight is 475 g/mol. The molecule has 1 aliphatic rings. The van der Waals surface area contributed by atoms with E-state index in [1.807, 2.05) is 43.0 Å². The molecular weight excluding hydrogens is 448 g/mol. The minimum atomic E-state index is -0.280. The van der Waals surface area contributed by atoms with Crippen molar-refractivity contribution >= 4 is 22.8 Å². The third-order valence-electron chi connectivity index (χ3n) is 6.21. The van der Waals surface area contributed by atoms with Crippen molar-refractivity contribution in [3.8, 4) is 23.5 Å². The van der Waals surface area contributed by atoms with E-state index in [2.05, 4.69) is 16.4 Å². The third-order valence-corrected chi connectivity index (χ3v) is 6.21. The zero-order valence-electron chi connectivity index (χ0n) is 19.6. The first-order valence-corrected chi connectivity index (χ1v) is 11.7. The number of hydrogen-bond donors (Lipinski definition) is 1. The number of aromatic nitrogens is 1. The number of nitrogens with zero attached hydrogens (tertiary/aromatic N) is 3. The summed E-state index contributed by atoms with van der Waals surface area (Å²) >= 11 is 0. The van der Waals surface area contributed by atoms with E-state index in [9.17, 15) is 10.1 Å². The van der Waals surface area contributed by atoms with Crippen molar-refractivity contribution in [2.75, 3.05) is 24.6 Å². The van der Waals surface area contributed by atoms with Gasteiger partial charge in [0.1, 0.15) is 11.8 Å². The van der Waals surface area contributed by atoms with Crippen molar-refractivity contribution in [1.29, 1.82) is 5.26 Å². The number of ether oxygens (including phenoxy) is 1. The smallest absolute Gasteiger partial charge is 0.266 e. The molecule has 0 saturated carbocycles. The largest absolute Gasteiger partial charge is 0.490 e. The van der Waals surface area contributed by atoms with Crippen LogP contribution in [0.5, 0.6) is 5.75 Å². The minimum Gasteiger partial charge on any atom is -0.490 e. The number of hydrogen-bond acceptors (Lipinski definition) is 8. The lowest BCUT2D eigenvalue weighted by Crippen LogP contribution is -2.41. The van der Waals surface area contributed by atoms with Crippen molar-refractivity contribution in [3.63, 3.8) is 0 Å². The summed E-state index contributed by atoms with van der Waals surface area (Å²) in [4.78, 5) is 19.2. The van der Waals surface area contributed by atoms with E-state index in [1.165, 1.54) is 6.26 Å². The van der Waals surface area contributed by atoms with Crippen molar-refractivity contribution < 1.29 is 22.8 Å². The van der Waals surface area contributed by atoms with Crippen LogP contribution in [0, 0.1) is 17.2 Å². The second-order valence-electron chi connectivity index (χ2n) is 8.51. The highest BCUT2D eigenvalue weighted by Gasteiger charge is 2.30. The van der Waals surface area contributed by atoms with Crippen molar-refractivity contribution in [3.05, 3.63) is 54.1 Å². The number of fused-ring (bicyclic) bond motifs is 1. The number of amides is 1. The summed E-state index contributed by atoms with van der Waals surface area (Å²) in [7, 11) is 0. The molecule has 3 aromatic heterocycles. The highest BCUT2D eigenvalue weighted by atomic mass is 16.5. The Labute approximate surface area is 202 Å². The monoisotopic (exact) mass is 474 g/mol. The van der Waals surface area contributed by atoms with Crippen LogP contribution in [0.2, 0.25) is 0 Å². The standard InChI is InChI=1S/C26H26N4O5/c1-3-32-20-7-4-6-18-14-22(34-23(18)20)16(2)28-24(31)17-9-11-30(12-10-17)26-19(15-27)29-25(35-26)21-8-5-13-33-21/h4-8,13-14,16-17H,3,9-12H2,1-2H3,(H,28,31). The van der Waals surface area contributed by atoms with Crippen molar-refractivity contribution in [2.45, 2.75) is 32.7 Å². The predicted octanol–water partition coefficient (Wildman–Crippen LogP) is 5.04. The zero-order chi connectivity index (χ0) is 24.4. The average Bonchev–Trinajstić information content (AvgIpc) is 3.63. The Morgan fingerprint density at radius 1 is 1.29 bits per heavy atom. The van der Waals surface area contributed by atoms with E-state index in [0.29, 0.717) is 61.3 Å². The first-order valence-electron chi connectivity index (χ1n) is 11.7. The molecule has 1 N–H and O–H groups in total. The number of carbonyl (C=O) groups excluding carboxylic acids is 1. The molecule has 0 aliphatic carbocycles. The summed E-state index contributed by atoms with van der Waals surface area (Å²) in [5.41, 5.74) is 0.900. The summed E-state index contributed by atoms with van der Waals surface area (Å²) in [5, 5.41) is 13.5. The lowest BCUT2D eigenvalue weighted by Gasteiger charge is -2.31. The number of nitriles is 1. The molecule has 9 heteroatoms. The van der Waals surface area contributed by atoms with Gasteiger partial charge in [0, 0.05) is 24.4 Å². The van der Waals surface area contributed by atoms with E-state index in [0.717, 1.165) is 5.39 Å². The van der Waals surface area contributed by atoms with Crippen molar-refractivity contribution in [2.24, 2.45) is 5.92 Å². The van der Waals surface area contributed by atoms with Gasteiger partial charge in [0.25, 0.3) is 5.89 Å². The van der Waals surface area contributed by atoms with E-state index >= 15 is 0 Å². The SMILES string of the molecule is CCOc1cccc2cc(C(C)NC(=O)C3CCN(c4oc(-c5ccco5)nc4C#N)CC3)oc12. The summed E-state index contributed by atoms with van der Waals surface area (Å²) < 4.78 is 22.8. The number of furan rings is 2. The van der Waals surface area contributed by atoms with E-state index in [-0.39, 0.29) is 29.5 Å². The molecule has 5 rings (SSSR count). The molecule has 0 bridgehead atoms. The van der Waals surface area contributed by atoms with E-state index < -0.39 is 0 Å². The molecule has 1 unspecified atom stereocenters. The highest BCUT2D eigenvalue weighted by Crippen LogP contribution is 2.33. The van der Waals surface area contributed by atoms with Gasteiger partial charge in [-0.15, -0.1) is 0 Å². The van der Waals surface area contributed by atoms with Gasteiger partial charge in [0.2, 0.25) is 17.5 Å². The Hall–Kier alpha value is -4.19. The number of benzene rings is 1. The van der Waals surface area contributed by atoms with Gasteiger partial charge in [-0.05, 0) is 51.0 Å². The highest BCUT2D eigenvalue weighted by molar-refractivity contribution is 5.84. The fourth-order valence-electron chi connectivity index (χ4n) is 4.39. The van der Waals surface area contributed by atoms with Gasteiger partial charge in [-0.2, -0.15) is 10.2 Å². The second-order valence-corrected chi connectivity index (χ2v) is 8.51. The molecule has 1 aromatic carbocycles. The van der Waals surface area contributed by atoms with Gasteiger partial charge in [0.15, 0.2) is 17.1 Å². The normalized spacial score (nSPS) is 15.2. The molecule has 0 radical (unpaired) electrons. The van der Waals surface area contributed by atoms with Crippen molar-refractivity contribution in [1.82, 2.24) is 10.3 Å². The van der Waals surface area contributed by atoms with Gasteiger partial charge in [-0.1, -0.05) is 12.1 Å². The Bertz CT molecular complexity index is 1360. The molecule has 0 spiro atoms. The lowest BCUT2D eigenvalue weighted by atomic mass is 9.95. The maximum absolute atomic E-state index is 13.0. The Morgan fingerprint density at radius 3 is 2.83 bits per heavy atom. The zero-order valence-corrected chi connectivity index (χ0v) is 19.6.